The third kappa shape index (κ3) is 2.24. The van der Waals surface area contributed by atoms with Gasteiger partial charge in [0.2, 0.25) is 0 Å². The Hall–Kier alpha value is -0.730. The van der Waals surface area contributed by atoms with Crippen molar-refractivity contribution in [3.8, 4) is 5.88 Å². The summed E-state index contributed by atoms with van der Waals surface area (Å²) in [5, 5.41) is 20.4. The minimum Gasteiger partial charge on any atom is -0.857 e. The maximum absolute atomic E-state index is 11.4. The van der Waals surface area contributed by atoms with E-state index < -0.39 is 0 Å². The zero-order valence-corrected chi connectivity index (χ0v) is 12.0. The second-order valence-electron chi connectivity index (χ2n) is 3.98. The first-order valence-electron chi connectivity index (χ1n) is 5.40. The van der Waals surface area contributed by atoms with E-state index in [1.165, 1.54) is 12.7 Å². The van der Waals surface area contributed by atoms with Crippen molar-refractivity contribution in [3.63, 3.8) is 0 Å². The van der Waals surface area contributed by atoms with Crippen LogP contribution in [0.3, 0.4) is 0 Å². The van der Waals surface area contributed by atoms with Gasteiger partial charge in [0.15, 0.2) is 5.65 Å². The molecule has 1 aliphatic heterocycles. The molecule has 1 saturated heterocycles. The van der Waals surface area contributed by atoms with E-state index in [4.69, 9.17) is 9.84 Å². The van der Waals surface area contributed by atoms with Gasteiger partial charge < -0.3 is 14.9 Å². The Morgan fingerprint density at radius 2 is 2.22 bits per heavy atom. The number of nitrogens with zero attached hydrogens (tertiary/aromatic N) is 4. The normalized spacial score (nSPS) is 23.2. The van der Waals surface area contributed by atoms with E-state index in [-0.39, 0.29) is 59.9 Å². The second-order valence-corrected chi connectivity index (χ2v) is 3.98. The van der Waals surface area contributed by atoms with Crippen molar-refractivity contribution in [3.05, 3.63) is 12.7 Å². The quantitative estimate of drug-likeness (QED) is 0.563. The summed E-state index contributed by atoms with van der Waals surface area (Å²) in [4.78, 5) is 11.6. The fraction of sp³-hybridized carbons (Fsp3) is 0.500. The SMILES string of the molecule is [Na+].[O-]c1ncnc2c1ncn2C1CCC(CO)O1. The number of imidazole rings is 1. The molecule has 8 heteroatoms. The number of aliphatic hydroxyl groups excluding tert-OH is 1. The first-order chi connectivity index (χ1) is 8.29. The Kier molecular flexibility index (Phi) is 4.18. The molecule has 1 N–H and O–H groups in total. The predicted molar refractivity (Wildman–Crippen MR) is 55.0 cm³/mol. The molecular formula is C10H11N4NaO3. The van der Waals surface area contributed by atoms with Gasteiger partial charge in [0.1, 0.15) is 18.1 Å². The molecule has 18 heavy (non-hydrogen) atoms. The second kappa shape index (κ2) is 5.50. The van der Waals surface area contributed by atoms with Gasteiger partial charge in [-0.25, -0.2) is 9.97 Å². The van der Waals surface area contributed by atoms with Crippen LogP contribution in [0.1, 0.15) is 19.1 Å². The number of fused-ring (bicyclic) bond motifs is 1. The van der Waals surface area contributed by atoms with Crippen molar-refractivity contribution in [2.45, 2.75) is 25.2 Å². The average Bonchev–Trinajstić information content (AvgIpc) is 2.94. The fourth-order valence-corrected chi connectivity index (χ4v) is 2.07. The summed E-state index contributed by atoms with van der Waals surface area (Å²) in [6.07, 6.45) is 3.95. The predicted octanol–water partition coefficient (Wildman–Crippen LogP) is -3.43. The maximum Gasteiger partial charge on any atom is 1.00 e. The summed E-state index contributed by atoms with van der Waals surface area (Å²) in [5.74, 6) is -0.384. The minimum atomic E-state index is -0.384. The number of aliphatic hydroxyl groups is 1. The molecule has 90 valence electrons. The van der Waals surface area contributed by atoms with Gasteiger partial charge in [-0.3, -0.25) is 9.55 Å². The van der Waals surface area contributed by atoms with E-state index in [9.17, 15) is 5.11 Å². The average molecular weight is 258 g/mol. The molecule has 1 fully saturated rings. The van der Waals surface area contributed by atoms with Gasteiger partial charge in [0, 0.05) is 5.88 Å². The van der Waals surface area contributed by atoms with E-state index >= 15 is 0 Å². The Labute approximate surface area is 125 Å². The number of hydrogen-bond donors (Lipinski definition) is 1. The molecule has 3 heterocycles. The Balaban J connectivity index is 0.00000120. The molecule has 0 saturated carbocycles. The van der Waals surface area contributed by atoms with Gasteiger partial charge in [-0.1, -0.05) is 0 Å². The molecule has 2 atom stereocenters. The van der Waals surface area contributed by atoms with E-state index in [1.807, 2.05) is 0 Å². The molecule has 0 amide bonds. The van der Waals surface area contributed by atoms with Gasteiger partial charge in [-0.2, -0.15) is 0 Å². The van der Waals surface area contributed by atoms with Crippen LogP contribution in [0.2, 0.25) is 0 Å². The molecule has 0 bridgehead atoms. The van der Waals surface area contributed by atoms with Gasteiger partial charge in [-0.05, 0) is 12.8 Å². The van der Waals surface area contributed by atoms with Gasteiger partial charge in [0.25, 0.3) is 0 Å². The minimum absolute atomic E-state index is 0. The van der Waals surface area contributed by atoms with E-state index in [0.717, 1.165) is 12.8 Å². The standard InChI is InChI=1S/C10H12N4O3.Na/c15-3-6-1-2-7(17-6)14-5-13-8-9(14)11-4-12-10(8)16;/h4-7,15H,1-3H2,(H,11,12,16);/q;+1/p-1. The summed E-state index contributed by atoms with van der Waals surface area (Å²) in [6.45, 7) is 0.00488. The first kappa shape index (κ1) is 13.7. The van der Waals surface area contributed by atoms with Crippen molar-refractivity contribution in [2.24, 2.45) is 0 Å². The first-order valence-corrected chi connectivity index (χ1v) is 5.40. The van der Waals surface area contributed by atoms with E-state index in [1.54, 1.807) is 4.57 Å². The third-order valence-corrected chi connectivity index (χ3v) is 2.92. The zero-order valence-electron chi connectivity index (χ0n) is 9.98. The van der Waals surface area contributed by atoms with Crippen LogP contribution >= 0.6 is 0 Å². The molecule has 2 aromatic rings. The Morgan fingerprint density at radius 3 is 2.94 bits per heavy atom. The Morgan fingerprint density at radius 1 is 1.39 bits per heavy atom. The smallest absolute Gasteiger partial charge is 0.857 e. The molecule has 2 aromatic heterocycles. The Bertz CT molecular complexity index is 547. The van der Waals surface area contributed by atoms with Crippen LogP contribution < -0.4 is 34.7 Å². The fourth-order valence-electron chi connectivity index (χ4n) is 2.07. The van der Waals surface area contributed by atoms with Crippen molar-refractivity contribution in [1.82, 2.24) is 19.5 Å². The van der Waals surface area contributed by atoms with Crippen LogP contribution in [0.15, 0.2) is 12.7 Å². The van der Waals surface area contributed by atoms with Crippen molar-refractivity contribution in [1.29, 1.82) is 0 Å². The molecule has 0 spiro atoms. The topological polar surface area (TPSA) is 96.1 Å². The van der Waals surface area contributed by atoms with Crippen LogP contribution in [0.4, 0.5) is 0 Å². The largest absolute Gasteiger partial charge is 1.00 e. The van der Waals surface area contributed by atoms with Crippen molar-refractivity contribution < 1.29 is 44.5 Å². The van der Waals surface area contributed by atoms with Gasteiger partial charge in [-0.15, -0.1) is 0 Å². The maximum atomic E-state index is 11.4. The zero-order chi connectivity index (χ0) is 11.8. The van der Waals surface area contributed by atoms with Crippen molar-refractivity contribution in [2.75, 3.05) is 6.61 Å². The van der Waals surface area contributed by atoms with E-state index in [0.29, 0.717) is 5.65 Å². The number of ether oxygens (including phenoxy) is 1. The van der Waals surface area contributed by atoms with Gasteiger partial charge >= 0.3 is 29.6 Å². The summed E-state index contributed by atoms with van der Waals surface area (Å²) in [7, 11) is 0. The molecule has 0 aliphatic carbocycles. The van der Waals surface area contributed by atoms with E-state index in [2.05, 4.69) is 15.0 Å². The molecule has 1 aliphatic rings. The number of hydrogen-bond acceptors (Lipinski definition) is 6. The van der Waals surface area contributed by atoms with Crippen molar-refractivity contribution >= 4 is 11.2 Å². The van der Waals surface area contributed by atoms with Crippen LogP contribution in [-0.4, -0.2) is 37.3 Å². The molecule has 3 rings (SSSR count). The summed E-state index contributed by atoms with van der Waals surface area (Å²) in [6, 6.07) is 0. The molecule has 0 aromatic carbocycles. The summed E-state index contributed by atoms with van der Waals surface area (Å²) >= 11 is 0. The van der Waals surface area contributed by atoms with Crippen LogP contribution in [0.5, 0.6) is 5.88 Å². The number of aromatic nitrogens is 4. The molecule has 0 radical (unpaired) electrons. The molecule has 7 nitrogen and oxygen atoms in total. The van der Waals surface area contributed by atoms with Crippen LogP contribution in [0.25, 0.3) is 11.2 Å². The van der Waals surface area contributed by atoms with Gasteiger partial charge in [0.05, 0.1) is 19.0 Å². The molecular weight excluding hydrogens is 247 g/mol. The third-order valence-electron chi connectivity index (χ3n) is 2.92. The van der Waals surface area contributed by atoms with Crippen LogP contribution in [0, 0.1) is 0 Å². The summed E-state index contributed by atoms with van der Waals surface area (Å²) in [5.41, 5.74) is 0.733. The number of rotatable bonds is 2. The van der Waals surface area contributed by atoms with Crippen LogP contribution in [-0.2, 0) is 4.74 Å². The molecule has 2 unspecified atom stereocenters. The monoisotopic (exact) mass is 258 g/mol. The summed E-state index contributed by atoms with van der Waals surface area (Å²) < 4.78 is 7.33.